The second-order valence-corrected chi connectivity index (χ2v) is 8.33. The Morgan fingerprint density at radius 3 is 2.03 bits per heavy atom. The smallest absolute Gasteiger partial charge is 0.494 e. The van der Waals surface area contributed by atoms with Crippen LogP contribution in [0.25, 0.3) is 0 Å². The van der Waals surface area contributed by atoms with Crippen molar-refractivity contribution in [3.8, 4) is 11.5 Å². The number of ether oxygens (including phenoxy) is 2. The third kappa shape index (κ3) is 7.06. The zero-order valence-corrected chi connectivity index (χ0v) is 18.0. The summed E-state index contributed by atoms with van der Waals surface area (Å²) in [5, 5.41) is 2.53. The number of rotatable bonds is 9. The van der Waals surface area contributed by atoms with Crippen LogP contribution in [0.4, 0.5) is 24.5 Å². The van der Waals surface area contributed by atoms with Crippen molar-refractivity contribution in [2.24, 2.45) is 0 Å². The Kier molecular flexibility index (Phi) is 7.77. The Morgan fingerprint density at radius 1 is 1.03 bits per heavy atom. The summed E-state index contributed by atoms with van der Waals surface area (Å²) in [6.07, 6.45) is -3.68. The minimum Gasteiger partial charge on any atom is -0.494 e. The molecule has 1 unspecified atom stereocenters. The maximum atomic E-state index is 12.8. The predicted octanol–water partition coefficient (Wildman–Crippen LogP) is 4.17. The first-order valence-corrected chi connectivity index (χ1v) is 11.2. The molecule has 170 valence electrons. The number of hydrogen-bond donors (Lipinski definition) is 1. The fourth-order valence-corrected chi connectivity index (χ4v) is 4.09. The third-order valence-electron chi connectivity index (χ3n) is 4.09. The van der Waals surface area contributed by atoms with Crippen LogP contribution in [0, 0.1) is 0 Å². The Hall–Kier alpha value is -2.95. The van der Waals surface area contributed by atoms with E-state index in [1.807, 2.05) is 6.92 Å². The fraction of sp³-hybridized carbons (Fsp3) is 0.350. The molecule has 2 rings (SSSR count). The Labute approximate surface area is 178 Å². The molecule has 0 aromatic heterocycles. The highest BCUT2D eigenvalue weighted by molar-refractivity contribution is 7.92. The maximum absolute atomic E-state index is 12.8. The number of amides is 1. The van der Waals surface area contributed by atoms with E-state index in [1.54, 1.807) is 19.1 Å². The predicted molar refractivity (Wildman–Crippen MR) is 111 cm³/mol. The molecule has 0 saturated carbocycles. The topological polar surface area (TPSA) is 84.9 Å². The van der Waals surface area contributed by atoms with E-state index in [0.29, 0.717) is 12.4 Å². The van der Waals surface area contributed by atoms with Crippen molar-refractivity contribution >= 4 is 27.3 Å². The molecule has 0 aliphatic heterocycles. The number of nitrogens with zero attached hydrogens (tertiary/aromatic N) is 1. The van der Waals surface area contributed by atoms with E-state index >= 15 is 0 Å². The number of nitrogens with one attached hydrogen (secondary N) is 1. The first-order valence-electron chi connectivity index (χ1n) is 9.33. The number of anilines is 2. The van der Waals surface area contributed by atoms with Gasteiger partial charge in [-0.05, 0) is 61.9 Å². The van der Waals surface area contributed by atoms with Crippen LogP contribution in [-0.2, 0) is 14.8 Å². The van der Waals surface area contributed by atoms with E-state index in [0.717, 1.165) is 22.7 Å². The lowest BCUT2D eigenvalue weighted by atomic mass is 10.1. The summed E-state index contributed by atoms with van der Waals surface area (Å²) in [5.41, 5.74) is 0.472. The molecule has 0 fully saturated rings. The van der Waals surface area contributed by atoms with Crippen LogP contribution in [0.3, 0.4) is 0 Å². The van der Waals surface area contributed by atoms with Gasteiger partial charge in [-0.25, -0.2) is 8.42 Å². The first kappa shape index (κ1) is 24.3. The molecule has 31 heavy (non-hydrogen) atoms. The van der Waals surface area contributed by atoms with E-state index in [1.165, 1.54) is 24.3 Å². The van der Waals surface area contributed by atoms with Gasteiger partial charge in [0.25, 0.3) is 0 Å². The van der Waals surface area contributed by atoms with Crippen molar-refractivity contribution in [2.75, 3.05) is 22.5 Å². The monoisotopic (exact) mass is 460 g/mol. The van der Waals surface area contributed by atoms with Gasteiger partial charge in [0.1, 0.15) is 17.5 Å². The van der Waals surface area contributed by atoms with Crippen molar-refractivity contribution in [3.05, 3.63) is 48.5 Å². The van der Waals surface area contributed by atoms with Gasteiger partial charge in [0, 0.05) is 5.69 Å². The van der Waals surface area contributed by atoms with Gasteiger partial charge in [-0.1, -0.05) is 6.92 Å². The van der Waals surface area contributed by atoms with Crippen LogP contribution in [0.15, 0.2) is 48.5 Å². The van der Waals surface area contributed by atoms with E-state index in [2.05, 4.69) is 10.1 Å². The summed E-state index contributed by atoms with van der Waals surface area (Å²) >= 11 is 0. The summed E-state index contributed by atoms with van der Waals surface area (Å²) < 4.78 is 71.9. The van der Waals surface area contributed by atoms with Crippen molar-refractivity contribution in [3.63, 3.8) is 0 Å². The van der Waals surface area contributed by atoms with Gasteiger partial charge < -0.3 is 14.8 Å². The van der Waals surface area contributed by atoms with Crippen molar-refractivity contribution < 1.29 is 35.9 Å². The molecule has 11 heteroatoms. The molecule has 1 amide bonds. The summed E-state index contributed by atoms with van der Waals surface area (Å²) in [4.78, 5) is 12.8. The molecule has 0 heterocycles. The molecule has 2 aromatic rings. The molecule has 0 spiro atoms. The fourth-order valence-electron chi connectivity index (χ4n) is 2.88. The highest BCUT2D eigenvalue weighted by Gasteiger charge is 2.32. The van der Waals surface area contributed by atoms with Crippen molar-refractivity contribution in [1.82, 2.24) is 0 Å². The number of benzene rings is 2. The van der Waals surface area contributed by atoms with E-state index in [9.17, 15) is 26.4 Å². The van der Waals surface area contributed by atoms with Crippen LogP contribution < -0.4 is 19.1 Å². The highest BCUT2D eigenvalue weighted by Crippen LogP contribution is 2.27. The summed E-state index contributed by atoms with van der Waals surface area (Å²) in [5.74, 6) is -0.519. The van der Waals surface area contributed by atoms with Crippen molar-refractivity contribution in [1.29, 1.82) is 0 Å². The number of halogens is 3. The lowest BCUT2D eigenvalue weighted by Crippen LogP contribution is -2.46. The van der Waals surface area contributed by atoms with Gasteiger partial charge >= 0.3 is 6.36 Å². The number of alkyl halides is 3. The molecule has 7 nitrogen and oxygen atoms in total. The average molecular weight is 460 g/mol. The van der Waals surface area contributed by atoms with Crippen LogP contribution >= 0.6 is 0 Å². The molecular formula is C20H23F3N2O5S. The number of hydrogen-bond acceptors (Lipinski definition) is 5. The molecule has 0 aliphatic rings. The Balaban J connectivity index is 2.24. The molecule has 1 atom stereocenters. The van der Waals surface area contributed by atoms with Crippen LogP contribution in [-0.4, -0.2) is 39.6 Å². The Morgan fingerprint density at radius 2 is 1.58 bits per heavy atom. The second-order valence-electron chi connectivity index (χ2n) is 6.47. The molecule has 1 N–H and O–H groups in total. The third-order valence-corrected chi connectivity index (χ3v) is 5.27. The Bertz CT molecular complexity index is 977. The van der Waals surface area contributed by atoms with Gasteiger partial charge in [0.05, 0.1) is 18.6 Å². The number of carbonyl (C=O) groups excluding carboxylic acids is 1. The van der Waals surface area contributed by atoms with Gasteiger partial charge in [0.2, 0.25) is 15.9 Å². The quantitative estimate of drug-likeness (QED) is 0.607. The molecule has 0 bridgehead atoms. The molecular weight excluding hydrogens is 437 g/mol. The number of sulfonamides is 1. The van der Waals surface area contributed by atoms with Crippen LogP contribution in [0.5, 0.6) is 11.5 Å². The number of carbonyl (C=O) groups is 1. The minimum atomic E-state index is -4.83. The summed E-state index contributed by atoms with van der Waals surface area (Å²) in [6.45, 7) is 3.91. The standard InChI is InChI=1S/C20H23F3N2O5S/c1-4-18(19(26)24-14-6-10-17(11-7-14)30-20(21,22)23)25(31(3,27)28)15-8-12-16(13-9-15)29-5-2/h6-13,18H,4-5H2,1-3H3,(H,24,26). The molecule has 0 radical (unpaired) electrons. The molecule has 2 aromatic carbocycles. The lowest BCUT2D eigenvalue weighted by Gasteiger charge is -2.30. The van der Waals surface area contributed by atoms with Gasteiger partial charge in [-0.3, -0.25) is 9.10 Å². The molecule has 0 saturated heterocycles. The maximum Gasteiger partial charge on any atom is 0.573 e. The molecule has 0 aliphatic carbocycles. The van der Waals surface area contributed by atoms with Gasteiger partial charge in [-0.15, -0.1) is 13.2 Å². The second kappa shape index (κ2) is 9.90. The average Bonchev–Trinajstić information content (AvgIpc) is 2.66. The van der Waals surface area contributed by atoms with Gasteiger partial charge in [0.15, 0.2) is 0 Å². The van der Waals surface area contributed by atoms with E-state index in [4.69, 9.17) is 4.74 Å². The lowest BCUT2D eigenvalue weighted by molar-refractivity contribution is -0.274. The highest BCUT2D eigenvalue weighted by atomic mass is 32.2. The summed E-state index contributed by atoms with van der Waals surface area (Å²) in [6, 6.07) is 9.73. The largest absolute Gasteiger partial charge is 0.573 e. The summed E-state index contributed by atoms with van der Waals surface area (Å²) in [7, 11) is -3.83. The van der Waals surface area contributed by atoms with E-state index in [-0.39, 0.29) is 17.8 Å². The van der Waals surface area contributed by atoms with Gasteiger partial charge in [-0.2, -0.15) is 0 Å². The van der Waals surface area contributed by atoms with E-state index < -0.39 is 34.1 Å². The van der Waals surface area contributed by atoms with Crippen LogP contribution in [0.1, 0.15) is 20.3 Å². The zero-order valence-electron chi connectivity index (χ0n) is 17.1. The normalized spacial score (nSPS) is 12.7. The van der Waals surface area contributed by atoms with Crippen molar-refractivity contribution in [2.45, 2.75) is 32.7 Å². The van der Waals surface area contributed by atoms with Crippen LogP contribution in [0.2, 0.25) is 0 Å². The zero-order chi connectivity index (χ0) is 23.2. The SMILES string of the molecule is CCOc1ccc(N(C(CC)C(=O)Nc2ccc(OC(F)(F)F)cc2)S(C)(=O)=O)cc1. The minimum absolute atomic E-state index is 0.154. The first-order chi connectivity index (χ1) is 14.4.